The number of aromatic nitrogens is 2. The average molecular weight is 350 g/mol. The molecule has 0 saturated carbocycles. The van der Waals surface area contributed by atoms with Gasteiger partial charge in [-0.15, -0.1) is 0 Å². The monoisotopic (exact) mass is 349 g/mol. The highest BCUT2D eigenvalue weighted by Crippen LogP contribution is 2.20. The van der Waals surface area contributed by atoms with E-state index in [2.05, 4.69) is 55.1 Å². The molecule has 0 bridgehead atoms. The molecule has 0 spiro atoms. The molecule has 0 N–H and O–H groups in total. The SMILES string of the molecule is CCOc1cc(N(CCBr)Cc2ccccc2)nc(C)n1. The van der Waals surface area contributed by atoms with Gasteiger partial charge in [0.1, 0.15) is 11.6 Å². The van der Waals surface area contributed by atoms with Crippen LogP contribution in [0, 0.1) is 6.92 Å². The fourth-order valence-electron chi connectivity index (χ4n) is 2.09. The van der Waals surface area contributed by atoms with Crippen LogP contribution in [0.5, 0.6) is 5.88 Å². The Bertz CT molecular complexity index is 563. The summed E-state index contributed by atoms with van der Waals surface area (Å²) in [7, 11) is 0. The van der Waals surface area contributed by atoms with Gasteiger partial charge in [-0.2, -0.15) is 4.98 Å². The lowest BCUT2D eigenvalue weighted by Gasteiger charge is -2.23. The Morgan fingerprint density at radius 1 is 1.19 bits per heavy atom. The highest BCUT2D eigenvalue weighted by atomic mass is 79.9. The van der Waals surface area contributed by atoms with Crippen LogP contribution in [0.4, 0.5) is 5.82 Å². The molecule has 0 saturated heterocycles. The van der Waals surface area contributed by atoms with Gasteiger partial charge in [0.15, 0.2) is 0 Å². The van der Waals surface area contributed by atoms with Crippen LogP contribution >= 0.6 is 15.9 Å². The summed E-state index contributed by atoms with van der Waals surface area (Å²) in [4.78, 5) is 11.1. The third-order valence-electron chi connectivity index (χ3n) is 2.99. The van der Waals surface area contributed by atoms with Gasteiger partial charge in [-0.1, -0.05) is 46.3 Å². The van der Waals surface area contributed by atoms with Crippen LogP contribution in [0.3, 0.4) is 0 Å². The van der Waals surface area contributed by atoms with Crippen molar-refractivity contribution in [3.8, 4) is 5.88 Å². The first kappa shape index (κ1) is 15.8. The van der Waals surface area contributed by atoms with E-state index in [9.17, 15) is 0 Å². The zero-order valence-electron chi connectivity index (χ0n) is 12.4. The predicted octanol–water partition coefficient (Wildman–Crippen LogP) is 3.59. The van der Waals surface area contributed by atoms with Crippen molar-refractivity contribution in [3.63, 3.8) is 0 Å². The van der Waals surface area contributed by atoms with Crippen molar-refractivity contribution in [2.75, 3.05) is 23.4 Å². The van der Waals surface area contributed by atoms with Gasteiger partial charge in [-0.05, 0) is 19.4 Å². The first-order valence-electron chi connectivity index (χ1n) is 7.06. The third-order valence-corrected chi connectivity index (χ3v) is 3.34. The molecule has 0 unspecified atom stereocenters. The molecule has 1 aromatic heterocycles. The lowest BCUT2D eigenvalue weighted by atomic mass is 10.2. The zero-order chi connectivity index (χ0) is 15.1. The summed E-state index contributed by atoms with van der Waals surface area (Å²) in [6.07, 6.45) is 0. The van der Waals surface area contributed by atoms with Gasteiger partial charge in [0.25, 0.3) is 0 Å². The van der Waals surface area contributed by atoms with Gasteiger partial charge in [-0.3, -0.25) is 0 Å². The molecule has 0 amide bonds. The Hall–Kier alpha value is -1.62. The van der Waals surface area contributed by atoms with E-state index < -0.39 is 0 Å². The maximum atomic E-state index is 5.52. The van der Waals surface area contributed by atoms with Crippen LogP contribution in [-0.2, 0) is 6.54 Å². The second-order valence-corrected chi connectivity index (χ2v) is 5.43. The molecule has 112 valence electrons. The molecular formula is C16H20BrN3O. The first-order chi connectivity index (χ1) is 10.2. The van der Waals surface area contributed by atoms with E-state index in [0.29, 0.717) is 12.5 Å². The predicted molar refractivity (Wildman–Crippen MR) is 89.2 cm³/mol. The summed E-state index contributed by atoms with van der Waals surface area (Å²) in [6.45, 7) is 6.14. The number of benzene rings is 1. The average Bonchev–Trinajstić information content (AvgIpc) is 2.48. The van der Waals surface area contributed by atoms with Crippen molar-refractivity contribution in [2.24, 2.45) is 0 Å². The lowest BCUT2D eigenvalue weighted by molar-refractivity contribution is 0.325. The van der Waals surface area contributed by atoms with E-state index in [-0.39, 0.29) is 0 Å². The lowest BCUT2D eigenvalue weighted by Crippen LogP contribution is -2.26. The molecule has 0 fully saturated rings. The number of ether oxygens (including phenoxy) is 1. The van der Waals surface area contributed by atoms with Crippen molar-refractivity contribution in [1.29, 1.82) is 0 Å². The number of hydrogen-bond acceptors (Lipinski definition) is 4. The van der Waals surface area contributed by atoms with Gasteiger partial charge in [-0.25, -0.2) is 4.98 Å². The summed E-state index contributed by atoms with van der Waals surface area (Å²) < 4.78 is 5.52. The fourth-order valence-corrected chi connectivity index (χ4v) is 2.52. The van der Waals surface area contributed by atoms with E-state index in [1.807, 2.05) is 26.0 Å². The van der Waals surface area contributed by atoms with Crippen LogP contribution < -0.4 is 9.64 Å². The van der Waals surface area contributed by atoms with Gasteiger partial charge < -0.3 is 9.64 Å². The highest BCUT2D eigenvalue weighted by Gasteiger charge is 2.11. The van der Waals surface area contributed by atoms with Gasteiger partial charge in [0.05, 0.1) is 6.61 Å². The zero-order valence-corrected chi connectivity index (χ0v) is 14.0. The fraction of sp³-hybridized carbons (Fsp3) is 0.375. The maximum absolute atomic E-state index is 5.52. The molecule has 0 radical (unpaired) electrons. The summed E-state index contributed by atoms with van der Waals surface area (Å²) >= 11 is 3.51. The van der Waals surface area contributed by atoms with Crippen LogP contribution in [0.15, 0.2) is 36.4 Å². The molecule has 2 rings (SSSR count). The van der Waals surface area contributed by atoms with Crippen molar-refractivity contribution < 1.29 is 4.74 Å². The Morgan fingerprint density at radius 3 is 2.62 bits per heavy atom. The summed E-state index contributed by atoms with van der Waals surface area (Å²) in [6, 6.07) is 12.3. The Labute approximate surface area is 134 Å². The molecule has 2 aromatic rings. The number of anilines is 1. The second kappa shape index (κ2) is 7.98. The van der Waals surface area contributed by atoms with E-state index in [1.165, 1.54) is 5.56 Å². The van der Waals surface area contributed by atoms with E-state index in [1.54, 1.807) is 0 Å². The van der Waals surface area contributed by atoms with E-state index >= 15 is 0 Å². The van der Waals surface area contributed by atoms with Crippen molar-refractivity contribution >= 4 is 21.7 Å². The largest absolute Gasteiger partial charge is 0.478 e. The van der Waals surface area contributed by atoms with Crippen molar-refractivity contribution in [2.45, 2.75) is 20.4 Å². The minimum Gasteiger partial charge on any atom is -0.478 e. The normalized spacial score (nSPS) is 10.4. The Morgan fingerprint density at radius 2 is 1.95 bits per heavy atom. The first-order valence-corrected chi connectivity index (χ1v) is 8.18. The molecule has 21 heavy (non-hydrogen) atoms. The molecule has 0 aliphatic heterocycles. The molecule has 0 aliphatic carbocycles. The number of rotatable bonds is 7. The minimum absolute atomic E-state index is 0.604. The van der Waals surface area contributed by atoms with Crippen molar-refractivity contribution in [1.82, 2.24) is 9.97 Å². The quantitative estimate of drug-likeness (QED) is 0.716. The van der Waals surface area contributed by atoms with Crippen LogP contribution in [-0.4, -0.2) is 28.4 Å². The maximum Gasteiger partial charge on any atom is 0.218 e. The van der Waals surface area contributed by atoms with E-state index in [4.69, 9.17) is 4.74 Å². The topological polar surface area (TPSA) is 38.2 Å². The number of aryl methyl sites for hydroxylation is 1. The Kier molecular flexibility index (Phi) is 5.99. The van der Waals surface area contributed by atoms with Gasteiger partial charge in [0.2, 0.25) is 5.88 Å². The number of halogens is 1. The summed E-state index contributed by atoms with van der Waals surface area (Å²) in [5.41, 5.74) is 1.26. The smallest absolute Gasteiger partial charge is 0.218 e. The molecule has 1 heterocycles. The number of alkyl halides is 1. The van der Waals surface area contributed by atoms with Gasteiger partial charge in [0, 0.05) is 24.5 Å². The van der Waals surface area contributed by atoms with Crippen LogP contribution in [0.1, 0.15) is 18.3 Å². The van der Waals surface area contributed by atoms with Crippen molar-refractivity contribution in [3.05, 3.63) is 47.8 Å². The minimum atomic E-state index is 0.604. The molecule has 0 atom stereocenters. The highest BCUT2D eigenvalue weighted by molar-refractivity contribution is 9.09. The Balaban J connectivity index is 2.24. The third kappa shape index (κ3) is 4.70. The molecule has 4 nitrogen and oxygen atoms in total. The number of nitrogens with zero attached hydrogens (tertiary/aromatic N) is 3. The summed E-state index contributed by atoms with van der Waals surface area (Å²) in [5, 5.41) is 0.882. The summed E-state index contributed by atoms with van der Waals surface area (Å²) in [5.74, 6) is 2.26. The molecule has 1 aromatic carbocycles. The second-order valence-electron chi connectivity index (χ2n) is 4.64. The molecular weight excluding hydrogens is 330 g/mol. The van der Waals surface area contributed by atoms with Gasteiger partial charge >= 0.3 is 0 Å². The molecule has 5 heteroatoms. The standard InChI is InChI=1S/C16H20BrN3O/c1-3-21-16-11-15(18-13(2)19-16)20(10-9-17)12-14-7-5-4-6-8-14/h4-8,11H,3,9-10,12H2,1-2H3. The van der Waals surface area contributed by atoms with Crippen LogP contribution in [0.25, 0.3) is 0 Å². The molecule has 0 aliphatic rings. The number of hydrogen-bond donors (Lipinski definition) is 0. The van der Waals surface area contributed by atoms with E-state index in [0.717, 1.165) is 30.1 Å². The van der Waals surface area contributed by atoms with Crippen LogP contribution in [0.2, 0.25) is 0 Å².